The summed E-state index contributed by atoms with van der Waals surface area (Å²) in [6.45, 7) is 3.29. The largest absolute Gasteiger partial charge is 0.324 e. The number of benzene rings is 2. The molecule has 0 bridgehead atoms. The summed E-state index contributed by atoms with van der Waals surface area (Å²) in [7, 11) is 0. The van der Waals surface area contributed by atoms with Crippen molar-refractivity contribution < 1.29 is 9.59 Å². The minimum Gasteiger partial charge on any atom is -0.324 e. The van der Waals surface area contributed by atoms with Crippen LogP contribution in [0.3, 0.4) is 0 Å². The summed E-state index contributed by atoms with van der Waals surface area (Å²) in [4.78, 5) is 26.7. The number of nitrogens with zero attached hydrogens (tertiary/aromatic N) is 3. The van der Waals surface area contributed by atoms with Crippen molar-refractivity contribution in [2.75, 3.05) is 23.7 Å². The van der Waals surface area contributed by atoms with Crippen molar-refractivity contribution >= 4 is 34.6 Å². The zero-order chi connectivity index (χ0) is 20.9. The molecule has 1 saturated heterocycles. The van der Waals surface area contributed by atoms with Crippen LogP contribution in [-0.4, -0.2) is 40.1 Å². The zero-order valence-corrected chi connectivity index (χ0v) is 17.5. The van der Waals surface area contributed by atoms with Gasteiger partial charge in [-0.05, 0) is 49.6 Å². The smallest absolute Gasteiger partial charge is 0.321 e. The average Bonchev–Trinajstić information content (AvgIpc) is 3.25. The second-order valence-corrected chi connectivity index (χ2v) is 8.34. The van der Waals surface area contributed by atoms with E-state index in [9.17, 15) is 9.59 Å². The van der Waals surface area contributed by atoms with Crippen LogP contribution in [-0.2, 0) is 0 Å². The molecule has 0 aliphatic carbocycles. The molecular weight excluding hydrogens is 398 g/mol. The van der Waals surface area contributed by atoms with Gasteiger partial charge in [-0.25, -0.2) is 4.79 Å². The van der Waals surface area contributed by atoms with Crippen molar-refractivity contribution in [1.29, 1.82) is 0 Å². The van der Waals surface area contributed by atoms with Crippen LogP contribution in [0.5, 0.6) is 0 Å². The van der Waals surface area contributed by atoms with Crippen molar-refractivity contribution in [2.24, 2.45) is 0 Å². The van der Waals surface area contributed by atoms with E-state index in [-0.39, 0.29) is 17.9 Å². The van der Waals surface area contributed by atoms with Gasteiger partial charge in [0.1, 0.15) is 5.01 Å². The number of aromatic nitrogens is 2. The first-order valence-electron chi connectivity index (χ1n) is 9.91. The lowest BCUT2D eigenvalue weighted by atomic mass is 9.98. The molecule has 0 saturated carbocycles. The maximum absolute atomic E-state index is 12.5. The number of nitrogens with one attached hydrogen (secondary N) is 2. The Kier molecular flexibility index (Phi) is 6.04. The molecule has 0 unspecified atom stereocenters. The Morgan fingerprint density at radius 2 is 1.70 bits per heavy atom. The van der Waals surface area contributed by atoms with E-state index in [2.05, 4.69) is 20.8 Å². The lowest BCUT2D eigenvalue weighted by Gasteiger charge is -2.31. The van der Waals surface area contributed by atoms with Gasteiger partial charge in [0.15, 0.2) is 0 Å². The Labute approximate surface area is 179 Å². The van der Waals surface area contributed by atoms with Crippen LogP contribution in [0.1, 0.15) is 39.1 Å². The number of hydrogen-bond acceptors (Lipinski definition) is 5. The van der Waals surface area contributed by atoms with Crippen molar-refractivity contribution in [1.82, 2.24) is 15.1 Å². The van der Waals surface area contributed by atoms with Crippen LogP contribution in [0.25, 0.3) is 0 Å². The molecule has 2 heterocycles. The number of likely N-dealkylation sites (tertiary alicyclic amines) is 1. The van der Waals surface area contributed by atoms with Gasteiger partial charge in [0.2, 0.25) is 5.01 Å². The van der Waals surface area contributed by atoms with E-state index in [1.807, 2.05) is 66.4 Å². The number of rotatable bonds is 4. The number of hydrogen-bond donors (Lipinski definition) is 2. The number of aryl methyl sites for hydroxylation is 1. The average molecular weight is 422 g/mol. The number of carbonyl (C=O) groups is 2. The first-order chi connectivity index (χ1) is 14.6. The third kappa shape index (κ3) is 4.83. The Balaban J connectivity index is 1.31. The summed E-state index contributed by atoms with van der Waals surface area (Å²) in [6.07, 6.45) is 1.60. The van der Waals surface area contributed by atoms with Gasteiger partial charge >= 0.3 is 6.03 Å². The zero-order valence-electron chi connectivity index (χ0n) is 16.7. The molecule has 0 radical (unpaired) electrons. The molecule has 1 aliphatic heterocycles. The van der Waals surface area contributed by atoms with Crippen molar-refractivity contribution in [3.05, 3.63) is 70.2 Å². The molecule has 8 heteroatoms. The highest BCUT2D eigenvalue weighted by Gasteiger charge is 2.27. The van der Waals surface area contributed by atoms with Crippen molar-refractivity contribution in [3.8, 4) is 0 Å². The topological polar surface area (TPSA) is 87.2 Å². The summed E-state index contributed by atoms with van der Waals surface area (Å²) < 4.78 is 0. The number of para-hydroxylation sites is 1. The summed E-state index contributed by atoms with van der Waals surface area (Å²) in [5.74, 6) is -0.0382. The highest BCUT2D eigenvalue weighted by Crippen LogP contribution is 2.30. The van der Waals surface area contributed by atoms with Gasteiger partial charge in [-0.15, -0.1) is 10.2 Å². The van der Waals surface area contributed by atoms with E-state index < -0.39 is 0 Å². The minimum atomic E-state index is -0.250. The number of amides is 3. The van der Waals surface area contributed by atoms with Crippen LogP contribution in [0.4, 0.5) is 16.2 Å². The van der Waals surface area contributed by atoms with Gasteiger partial charge in [-0.3, -0.25) is 4.79 Å². The number of anilines is 2. The standard InChI is InChI=1S/C22H23N5O2S/c1-15-6-5-9-18(14-15)24-22(29)27-12-10-16(11-13-27)20-25-26-21(30-20)19(28)23-17-7-3-2-4-8-17/h2-9,14,16H,10-13H2,1H3,(H,23,28)(H,24,29). The predicted molar refractivity (Wildman–Crippen MR) is 118 cm³/mol. The molecule has 2 N–H and O–H groups in total. The van der Waals surface area contributed by atoms with Gasteiger partial charge in [0.25, 0.3) is 5.91 Å². The van der Waals surface area contributed by atoms with Gasteiger partial charge in [0.05, 0.1) is 0 Å². The molecule has 30 heavy (non-hydrogen) atoms. The fraction of sp³-hybridized carbons (Fsp3) is 0.273. The summed E-state index contributed by atoms with van der Waals surface area (Å²) in [5, 5.41) is 15.3. The molecule has 0 spiro atoms. The summed E-state index contributed by atoms with van der Waals surface area (Å²) in [6, 6.07) is 17.0. The molecule has 7 nitrogen and oxygen atoms in total. The predicted octanol–water partition coefficient (Wildman–Crippen LogP) is 4.51. The Bertz CT molecular complexity index is 1030. The minimum absolute atomic E-state index is 0.0840. The molecule has 1 fully saturated rings. The summed E-state index contributed by atoms with van der Waals surface area (Å²) in [5.41, 5.74) is 2.64. The Hall–Kier alpha value is -3.26. The second-order valence-electron chi connectivity index (χ2n) is 7.33. The van der Waals surface area contributed by atoms with Crippen molar-refractivity contribution in [3.63, 3.8) is 0 Å². The van der Waals surface area contributed by atoms with Crippen LogP contribution in [0, 0.1) is 6.92 Å². The maximum Gasteiger partial charge on any atom is 0.321 e. The first-order valence-corrected chi connectivity index (χ1v) is 10.7. The quantitative estimate of drug-likeness (QED) is 0.649. The van der Waals surface area contributed by atoms with E-state index in [1.165, 1.54) is 11.3 Å². The highest BCUT2D eigenvalue weighted by molar-refractivity contribution is 7.13. The monoisotopic (exact) mass is 421 g/mol. The van der Waals surface area contributed by atoms with E-state index in [1.54, 1.807) is 0 Å². The van der Waals surface area contributed by atoms with Crippen LogP contribution in [0.15, 0.2) is 54.6 Å². The van der Waals surface area contributed by atoms with E-state index in [0.29, 0.717) is 18.1 Å². The normalized spacial score (nSPS) is 14.4. The van der Waals surface area contributed by atoms with Gasteiger partial charge in [-0.1, -0.05) is 41.7 Å². The lowest BCUT2D eigenvalue weighted by Crippen LogP contribution is -2.40. The van der Waals surface area contributed by atoms with Gasteiger partial charge in [0, 0.05) is 30.4 Å². The SMILES string of the molecule is Cc1cccc(NC(=O)N2CCC(c3nnc(C(=O)Nc4ccccc4)s3)CC2)c1. The van der Waals surface area contributed by atoms with Gasteiger partial charge < -0.3 is 15.5 Å². The van der Waals surface area contributed by atoms with Crippen LogP contribution in [0.2, 0.25) is 0 Å². The first kappa shape index (κ1) is 20.0. The number of carbonyl (C=O) groups excluding carboxylic acids is 2. The van der Waals surface area contributed by atoms with Crippen LogP contribution < -0.4 is 10.6 Å². The Morgan fingerprint density at radius 3 is 2.43 bits per heavy atom. The van der Waals surface area contributed by atoms with Crippen LogP contribution >= 0.6 is 11.3 Å². The van der Waals surface area contributed by atoms with Gasteiger partial charge in [-0.2, -0.15) is 0 Å². The van der Waals surface area contributed by atoms with Crippen molar-refractivity contribution in [2.45, 2.75) is 25.7 Å². The summed E-state index contributed by atoms with van der Waals surface area (Å²) >= 11 is 1.33. The molecular formula is C22H23N5O2S. The Morgan fingerprint density at radius 1 is 0.967 bits per heavy atom. The fourth-order valence-corrected chi connectivity index (χ4v) is 4.36. The molecule has 2 aromatic carbocycles. The number of piperidine rings is 1. The molecule has 4 rings (SSSR count). The maximum atomic E-state index is 12.5. The van der Waals surface area contributed by atoms with E-state index in [0.717, 1.165) is 34.8 Å². The second kappa shape index (κ2) is 9.04. The molecule has 1 aromatic heterocycles. The molecule has 154 valence electrons. The highest BCUT2D eigenvalue weighted by atomic mass is 32.1. The molecule has 3 aromatic rings. The molecule has 3 amide bonds. The fourth-order valence-electron chi connectivity index (χ4n) is 3.45. The molecule has 1 aliphatic rings. The number of urea groups is 1. The molecule has 0 atom stereocenters. The van der Waals surface area contributed by atoms with E-state index >= 15 is 0 Å². The lowest BCUT2D eigenvalue weighted by molar-refractivity contribution is 0.102. The third-order valence-electron chi connectivity index (χ3n) is 5.07. The third-order valence-corrected chi connectivity index (χ3v) is 6.15. The van der Waals surface area contributed by atoms with E-state index in [4.69, 9.17) is 0 Å².